The molecule has 0 aromatic carbocycles. The van der Waals surface area contributed by atoms with Gasteiger partial charge < -0.3 is 19.9 Å². The Hall–Kier alpha value is -1.33. The van der Waals surface area contributed by atoms with Crippen LogP contribution in [-0.2, 0) is 14.3 Å². The van der Waals surface area contributed by atoms with Gasteiger partial charge in [0.1, 0.15) is 0 Å². The van der Waals surface area contributed by atoms with E-state index in [1.807, 2.05) is 6.92 Å². The Morgan fingerprint density at radius 3 is 2.50 bits per heavy atom. The van der Waals surface area contributed by atoms with Gasteiger partial charge in [0.05, 0.1) is 12.7 Å². The summed E-state index contributed by atoms with van der Waals surface area (Å²) in [7, 11) is 2.74. The zero-order valence-corrected chi connectivity index (χ0v) is 9.96. The molecular weight excluding hydrogens is 210 g/mol. The molecule has 1 rings (SSSR count). The van der Waals surface area contributed by atoms with Crippen molar-refractivity contribution in [3.8, 4) is 0 Å². The maximum absolute atomic E-state index is 11.5. The number of hydrogen-bond donors (Lipinski definition) is 2. The highest BCUT2D eigenvalue weighted by Crippen LogP contribution is 2.25. The number of esters is 1. The number of aliphatic hydroxyl groups excluding tert-OH is 1. The minimum Gasteiger partial charge on any atom is -0.466 e. The predicted octanol–water partition coefficient (Wildman–Crippen LogP) is 0.666. The maximum atomic E-state index is 11.5. The van der Waals surface area contributed by atoms with Gasteiger partial charge in [-0.25, -0.2) is 4.79 Å². The molecule has 5 heteroatoms. The zero-order chi connectivity index (χ0) is 12.3. The fourth-order valence-corrected chi connectivity index (χ4v) is 1.66. The van der Waals surface area contributed by atoms with Crippen molar-refractivity contribution in [1.29, 1.82) is 0 Å². The quantitative estimate of drug-likeness (QED) is 0.548. The molecule has 2 N–H and O–H groups in total. The molecular formula is C11H17NO4. The molecule has 1 aliphatic rings. The average molecular weight is 227 g/mol. The van der Waals surface area contributed by atoms with Gasteiger partial charge in [0.15, 0.2) is 6.29 Å². The molecule has 0 saturated carbocycles. The lowest BCUT2D eigenvalue weighted by atomic mass is 9.98. The highest BCUT2D eigenvalue weighted by Gasteiger charge is 2.25. The number of rotatable bonds is 3. The third kappa shape index (κ3) is 2.43. The molecule has 0 bridgehead atoms. The Kier molecular flexibility index (Phi) is 4.09. The SMILES string of the molecule is COC(=O)C1=C(C)NC(C)=C(C(O)OC)C1. The van der Waals surface area contributed by atoms with E-state index < -0.39 is 12.3 Å². The van der Waals surface area contributed by atoms with E-state index in [0.717, 1.165) is 11.4 Å². The normalized spacial score (nSPS) is 18.3. The highest BCUT2D eigenvalue weighted by molar-refractivity contribution is 5.90. The number of carbonyl (C=O) groups excluding carboxylic acids is 1. The van der Waals surface area contributed by atoms with Crippen LogP contribution >= 0.6 is 0 Å². The van der Waals surface area contributed by atoms with E-state index in [2.05, 4.69) is 10.1 Å². The minimum atomic E-state index is -1.000. The molecule has 0 aromatic heterocycles. The molecule has 90 valence electrons. The fourth-order valence-electron chi connectivity index (χ4n) is 1.66. The van der Waals surface area contributed by atoms with Crippen molar-refractivity contribution in [2.45, 2.75) is 26.6 Å². The number of dihydropyridines is 1. The summed E-state index contributed by atoms with van der Waals surface area (Å²) in [6.07, 6.45) is -0.660. The van der Waals surface area contributed by atoms with E-state index in [1.165, 1.54) is 14.2 Å². The Morgan fingerprint density at radius 2 is 2.00 bits per heavy atom. The van der Waals surface area contributed by atoms with Gasteiger partial charge in [-0.15, -0.1) is 0 Å². The molecule has 1 heterocycles. The summed E-state index contributed by atoms with van der Waals surface area (Å²) in [4.78, 5) is 11.5. The van der Waals surface area contributed by atoms with Gasteiger partial charge in [-0.2, -0.15) is 0 Å². The second kappa shape index (κ2) is 5.14. The van der Waals surface area contributed by atoms with Crippen molar-refractivity contribution < 1.29 is 19.4 Å². The van der Waals surface area contributed by atoms with Crippen LogP contribution in [0.5, 0.6) is 0 Å². The van der Waals surface area contributed by atoms with Crippen LogP contribution in [0.2, 0.25) is 0 Å². The predicted molar refractivity (Wildman–Crippen MR) is 58.2 cm³/mol. The van der Waals surface area contributed by atoms with E-state index in [0.29, 0.717) is 17.6 Å². The molecule has 16 heavy (non-hydrogen) atoms. The van der Waals surface area contributed by atoms with Crippen LogP contribution in [0.4, 0.5) is 0 Å². The lowest BCUT2D eigenvalue weighted by molar-refractivity contribution is -0.136. The first-order valence-corrected chi connectivity index (χ1v) is 4.96. The van der Waals surface area contributed by atoms with Gasteiger partial charge in [0, 0.05) is 30.5 Å². The summed E-state index contributed by atoms with van der Waals surface area (Å²) in [5, 5.41) is 12.6. The summed E-state index contributed by atoms with van der Waals surface area (Å²) in [6, 6.07) is 0. The van der Waals surface area contributed by atoms with Crippen molar-refractivity contribution in [1.82, 2.24) is 5.32 Å². The van der Waals surface area contributed by atoms with Gasteiger partial charge in [0.2, 0.25) is 0 Å². The minimum absolute atomic E-state index is 0.340. The van der Waals surface area contributed by atoms with E-state index >= 15 is 0 Å². The molecule has 5 nitrogen and oxygen atoms in total. The Morgan fingerprint density at radius 1 is 1.38 bits per heavy atom. The zero-order valence-electron chi connectivity index (χ0n) is 9.96. The average Bonchev–Trinajstić information content (AvgIpc) is 2.27. The lowest BCUT2D eigenvalue weighted by Gasteiger charge is -2.25. The molecule has 0 amide bonds. The van der Waals surface area contributed by atoms with Gasteiger partial charge in [-0.3, -0.25) is 0 Å². The first kappa shape index (κ1) is 12.7. The van der Waals surface area contributed by atoms with Crippen molar-refractivity contribution in [3.05, 3.63) is 22.5 Å². The summed E-state index contributed by atoms with van der Waals surface area (Å²) < 4.78 is 9.52. The van der Waals surface area contributed by atoms with Crippen molar-refractivity contribution in [2.24, 2.45) is 0 Å². The lowest BCUT2D eigenvalue weighted by Crippen LogP contribution is -2.28. The van der Waals surface area contributed by atoms with E-state index in [4.69, 9.17) is 4.74 Å². The van der Waals surface area contributed by atoms with Crippen molar-refractivity contribution >= 4 is 5.97 Å². The molecule has 1 unspecified atom stereocenters. The van der Waals surface area contributed by atoms with Crippen molar-refractivity contribution in [2.75, 3.05) is 14.2 Å². The second-order valence-electron chi connectivity index (χ2n) is 3.64. The maximum Gasteiger partial charge on any atom is 0.335 e. The molecule has 0 aliphatic carbocycles. The summed E-state index contributed by atoms with van der Waals surface area (Å²) >= 11 is 0. The Bertz CT molecular complexity index is 357. The summed E-state index contributed by atoms with van der Waals surface area (Å²) in [5.41, 5.74) is 2.71. The summed E-state index contributed by atoms with van der Waals surface area (Å²) in [5.74, 6) is -0.390. The van der Waals surface area contributed by atoms with E-state index in [-0.39, 0.29) is 0 Å². The monoisotopic (exact) mass is 227 g/mol. The topological polar surface area (TPSA) is 67.8 Å². The first-order chi connectivity index (χ1) is 7.51. The van der Waals surface area contributed by atoms with Gasteiger partial charge in [-0.1, -0.05) is 0 Å². The number of hydrogen-bond acceptors (Lipinski definition) is 5. The Balaban J connectivity index is 2.94. The standard InChI is InChI=1S/C11H17NO4/c1-6-8(10(13)15-3)5-9(7(2)12-6)11(14)16-4/h10,12-13H,5H2,1-4H3. The van der Waals surface area contributed by atoms with Crippen LogP contribution in [-0.4, -0.2) is 31.6 Å². The van der Waals surface area contributed by atoms with Crippen LogP contribution in [0.15, 0.2) is 22.5 Å². The smallest absolute Gasteiger partial charge is 0.335 e. The molecule has 0 aromatic rings. The number of allylic oxidation sites excluding steroid dienone is 2. The third-order valence-electron chi connectivity index (χ3n) is 2.63. The highest BCUT2D eigenvalue weighted by atomic mass is 16.6. The molecule has 0 saturated heterocycles. The molecule has 1 atom stereocenters. The number of carbonyl (C=O) groups is 1. The van der Waals surface area contributed by atoms with Gasteiger partial charge >= 0.3 is 5.97 Å². The van der Waals surface area contributed by atoms with Gasteiger partial charge in [0.25, 0.3) is 0 Å². The van der Waals surface area contributed by atoms with Crippen LogP contribution in [0.3, 0.4) is 0 Å². The Labute approximate surface area is 94.7 Å². The largest absolute Gasteiger partial charge is 0.466 e. The fraction of sp³-hybridized carbons (Fsp3) is 0.545. The molecule has 0 radical (unpaired) electrons. The second-order valence-corrected chi connectivity index (χ2v) is 3.64. The van der Waals surface area contributed by atoms with E-state index in [1.54, 1.807) is 6.92 Å². The third-order valence-corrected chi connectivity index (χ3v) is 2.63. The van der Waals surface area contributed by atoms with Crippen LogP contribution in [0.25, 0.3) is 0 Å². The number of methoxy groups -OCH3 is 2. The van der Waals surface area contributed by atoms with Crippen LogP contribution in [0.1, 0.15) is 20.3 Å². The van der Waals surface area contributed by atoms with Crippen molar-refractivity contribution in [3.63, 3.8) is 0 Å². The van der Waals surface area contributed by atoms with Crippen LogP contribution < -0.4 is 5.32 Å². The molecule has 0 spiro atoms. The first-order valence-electron chi connectivity index (χ1n) is 4.96. The van der Waals surface area contributed by atoms with E-state index in [9.17, 15) is 9.90 Å². The summed E-state index contributed by atoms with van der Waals surface area (Å²) in [6.45, 7) is 3.63. The van der Waals surface area contributed by atoms with Gasteiger partial charge in [-0.05, 0) is 13.8 Å². The number of aliphatic hydroxyl groups is 1. The number of nitrogens with one attached hydrogen (secondary N) is 1. The molecule has 0 fully saturated rings. The van der Waals surface area contributed by atoms with Crippen LogP contribution in [0, 0.1) is 0 Å². The molecule has 1 aliphatic heterocycles. The number of ether oxygens (including phenoxy) is 2.